The molecular formula is C14H21N3O. The second-order valence-electron chi connectivity index (χ2n) is 4.69. The summed E-state index contributed by atoms with van der Waals surface area (Å²) >= 11 is 0. The highest BCUT2D eigenvalue weighted by atomic mass is 16.2. The lowest BCUT2D eigenvalue weighted by atomic mass is 10.1. The van der Waals surface area contributed by atoms with E-state index < -0.39 is 0 Å². The third-order valence-electron chi connectivity index (χ3n) is 3.33. The Morgan fingerprint density at radius 1 is 1.33 bits per heavy atom. The van der Waals surface area contributed by atoms with Crippen molar-refractivity contribution in [2.24, 2.45) is 5.73 Å². The van der Waals surface area contributed by atoms with Crippen LogP contribution in [0.4, 0.5) is 0 Å². The molecule has 0 aromatic heterocycles. The summed E-state index contributed by atoms with van der Waals surface area (Å²) in [6, 6.07) is 10.2. The molecule has 1 heterocycles. The third kappa shape index (κ3) is 3.31. The molecule has 1 fully saturated rings. The van der Waals surface area contributed by atoms with Gasteiger partial charge >= 0.3 is 0 Å². The molecule has 1 unspecified atom stereocenters. The Labute approximate surface area is 108 Å². The Balaban J connectivity index is 2.09. The van der Waals surface area contributed by atoms with Gasteiger partial charge in [0.1, 0.15) is 0 Å². The van der Waals surface area contributed by atoms with Crippen LogP contribution in [0.5, 0.6) is 0 Å². The van der Waals surface area contributed by atoms with Gasteiger partial charge in [-0.25, -0.2) is 0 Å². The fraction of sp³-hybridized carbons (Fsp3) is 0.500. The summed E-state index contributed by atoms with van der Waals surface area (Å²) in [5, 5.41) is 2.96. The number of carbonyl (C=O) groups excluding carboxylic acids is 1. The van der Waals surface area contributed by atoms with Crippen LogP contribution in [-0.4, -0.2) is 36.5 Å². The average molecular weight is 247 g/mol. The summed E-state index contributed by atoms with van der Waals surface area (Å²) in [6.07, 6.45) is 1.72. The number of benzene rings is 1. The Kier molecular flexibility index (Phi) is 4.73. The van der Waals surface area contributed by atoms with Gasteiger partial charge in [-0.15, -0.1) is 0 Å². The molecule has 0 saturated carbocycles. The first-order valence-corrected chi connectivity index (χ1v) is 6.57. The minimum atomic E-state index is -0.0855. The number of amides is 1. The number of rotatable bonds is 4. The van der Waals surface area contributed by atoms with Crippen molar-refractivity contribution in [2.45, 2.75) is 25.4 Å². The molecule has 3 N–H and O–H groups in total. The highest BCUT2D eigenvalue weighted by Crippen LogP contribution is 2.13. The normalized spacial score (nSPS) is 21.4. The van der Waals surface area contributed by atoms with E-state index >= 15 is 0 Å². The van der Waals surface area contributed by atoms with E-state index in [1.54, 1.807) is 0 Å². The molecule has 2 rings (SSSR count). The molecule has 1 saturated heterocycles. The van der Waals surface area contributed by atoms with Crippen LogP contribution in [0.3, 0.4) is 0 Å². The number of carbonyl (C=O) groups is 1. The molecule has 0 spiro atoms. The van der Waals surface area contributed by atoms with E-state index in [4.69, 9.17) is 5.73 Å². The minimum absolute atomic E-state index is 0.0855. The standard InChI is InChI=1S/C14H21N3O/c15-8-7-13-14(18)16-9-4-10-17(13)11-12-5-2-1-3-6-12/h1-3,5-6,13H,4,7-11,15H2,(H,16,18). The van der Waals surface area contributed by atoms with Crippen LogP contribution in [-0.2, 0) is 11.3 Å². The van der Waals surface area contributed by atoms with Crippen molar-refractivity contribution < 1.29 is 4.79 Å². The van der Waals surface area contributed by atoms with E-state index in [9.17, 15) is 4.79 Å². The molecular weight excluding hydrogens is 226 g/mol. The molecule has 18 heavy (non-hydrogen) atoms. The van der Waals surface area contributed by atoms with Crippen LogP contribution in [0.25, 0.3) is 0 Å². The zero-order valence-electron chi connectivity index (χ0n) is 10.6. The van der Waals surface area contributed by atoms with Crippen LogP contribution < -0.4 is 11.1 Å². The van der Waals surface area contributed by atoms with E-state index in [0.29, 0.717) is 6.54 Å². The Morgan fingerprint density at radius 3 is 2.83 bits per heavy atom. The predicted molar refractivity (Wildman–Crippen MR) is 71.9 cm³/mol. The fourth-order valence-electron chi connectivity index (χ4n) is 2.41. The van der Waals surface area contributed by atoms with E-state index in [-0.39, 0.29) is 11.9 Å². The SMILES string of the molecule is NCCC1C(=O)NCCCN1Cc1ccccc1. The molecule has 1 atom stereocenters. The van der Waals surface area contributed by atoms with Crippen molar-refractivity contribution in [3.8, 4) is 0 Å². The third-order valence-corrected chi connectivity index (χ3v) is 3.33. The lowest BCUT2D eigenvalue weighted by Crippen LogP contribution is -2.44. The number of nitrogens with two attached hydrogens (primary N) is 1. The predicted octanol–water partition coefficient (Wildman–Crippen LogP) is 0.726. The van der Waals surface area contributed by atoms with Crippen molar-refractivity contribution in [3.05, 3.63) is 35.9 Å². The van der Waals surface area contributed by atoms with Gasteiger partial charge in [0.15, 0.2) is 0 Å². The molecule has 98 valence electrons. The molecule has 1 amide bonds. The van der Waals surface area contributed by atoms with Gasteiger partial charge in [0.05, 0.1) is 6.04 Å². The first-order valence-electron chi connectivity index (χ1n) is 6.57. The first kappa shape index (κ1) is 13.1. The smallest absolute Gasteiger partial charge is 0.237 e. The first-order chi connectivity index (χ1) is 8.81. The van der Waals surface area contributed by atoms with Crippen LogP contribution in [0.1, 0.15) is 18.4 Å². The molecule has 1 aliphatic rings. The van der Waals surface area contributed by atoms with Crippen LogP contribution in [0.2, 0.25) is 0 Å². The minimum Gasteiger partial charge on any atom is -0.355 e. The van der Waals surface area contributed by atoms with Crippen LogP contribution in [0.15, 0.2) is 30.3 Å². The number of hydrogen-bond acceptors (Lipinski definition) is 3. The molecule has 1 aliphatic heterocycles. The molecule has 4 heteroatoms. The van der Waals surface area contributed by atoms with Gasteiger partial charge in [-0.05, 0) is 24.9 Å². The Hall–Kier alpha value is -1.39. The lowest BCUT2D eigenvalue weighted by molar-refractivity contribution is -0.125. The van der Waals surface area contributed by atoms with Crippen molar-refractivity contribution in [2.75, 3.05) is 19.6 Å². The van der Waals surface area contributed by atoms with Gasteiger partial charge < -0.3 is 11.1 Å². The average Bonchev–Trinajstić information content (AvgIpc) is 2.56. The van der Waals surface area contributed by atoms with Gasteiger partial charge in [0.25, 0.3) is 0 Å². The van der Waals surface area contributed by atoms with Crippen LogP contribution >= 0.6 is 0 Å². The van der Waals surface area contributed by atoms with Gasteiger partial charge in [-0.2, -0.15) is 0 Å². The second-order valence-corrected chi connectivity index (χ2v) is 4.69. The van der Waals surface area contributed by atoms with Crippen molar-refractivity contribution in [3.63, 3.8) is 0 Å². The topological polar surface area (TPSA) is 58.4 Å². The van der Waals surface area contributed by atoms with E-state index in [1.807, 2.05) is 18.2 Å². The summed E-state index contributed by atoms with van der Waals surface area (Å²) in [5.41, 5.74) is 6.87. The zero-order valence-corrected chi connectivity index (χ0v) is 10.6. The van der Waals surface area contributed by atoms with E-state index in [1.165, 1.54) is 5.56 Å². The van der Waals surface area contributed by atoms with E-state index in [2.05, 4.69) is 22.3 Å². The maximum atomic E-state index is 12.0. The van der Waals surface area contributed by atoms with Gasteiger partial charge in [0, 0.05) is 19.6 Å². The Bertz CT molecular complexity index is 380. The second kappa shape index (κ2) is 6.52. The number of hydrogen-bond donors (Lipinski definition) is 2. The molecule has 0 radical (unpaired) electrons. The van der Waals surface area contributed by atoms with Gasteiger partial charge in [0.2, 0.25) is 5.91 Å². The van der Waals surface area contributed by atoms with E-state index in [0.717, 1.165) is 32.5 Å². The highest BCUT2D eigenvalue weighted by Gasteiger charge is 2.27. The maximum absolute atomic E-state index is 12.0. The summed E-state index contributed by atoms with van der Waals surface area (Å²) < 4.78 is 0. The Morgan fingerprint density at radius 2 is 2.11 bits per heavy atom. The van der Waals surface area contributed by atoms with Crippen LogP contribution in [0, 0.1) is 0 Å². The molecule has 0 aliphatic carbocycles. The molecule has 4 nitrogen and oxygen atoms in total. The van der Waals surface area contributed by atoms with Gasteiger partial charge in [-0.3, -0.25) is 9.69 Å². The number of nitrogens with zero attached hydrogens (tertiary/aromatic N) is 1. The quantitative estimate of drug-likeness (QED) is 0.824. The van der Waals surface area contributed by atoms with Crippen molar-refractivity contribution in [1.29, 1.82) is 0 Å². The largest absolute Gasteiger partial charge is 0.355 e. The summed E-state index contributed by atoms with van der Waals surface area (Å²) in [7, 11) is 0. The van der Waals surface area contributed by atoms with Crippen molar-refractivity contribution >= 4 is 5.91 Å². The highest BCUT2D eigenvalue weighted by molar-refractivity contribution is 5.81. The maximum Gasteiger partial charge on any atom is 0.237 e. The summed E-state index contributed by atoms with van der Waals surface area (Å²) in [5.74, 6) is 0.119. The van der Waals surface area contributed by atoms with Gasteiger partial charge in [-0.1, -0.05) is 30.3 Å². The molecule has 0 bridgehead atoms. The molecule has 1 aromatic rings. The lowest BCUT2D eigenvalue weighted by Gasteiger charge is -2.28. The number of nitrogens with one attached hydrogen (secondary N) is 1. The monoisotopic (exact) mass is 247 g/mol. The zero-order chi connectivity index (χ0) is 12.8. The summed E-state index contributed by atoms with van der Waals surface area (Å²) in [4.78, 5) is 14.2. The molecule has 1 aromatic carbocycles. The fourth-order valence-corrected chi connectivity index (χ4v) is 2.41. The van der Waals surface area contributed by atoms with Crippen molar-refractivity contribution in [1.82, 2.24) is 10.2 Å². The summed E-state index contributed by atoms with van der Waals surface area (Å²) in [6.45, 7) is 3.08.